The number of carboxylic acid groups (broad SMARTS) is 1. The molecule has 5 heteroatoms. The van der Waals surface area contributed by atoms with Crippen molar-refractivity contribution in [3.05, 3.63) is 36.1 Å². The molecule has 1 aliphatic rings. The number of aliphatic carboxylic acids is 1. The van der Waals surface area contributed by atoms with Crippen molar-refractivity contribution in [3.63, 3.8) is 0 Å². The van der Waals surface area contributed by atoms with Crippen molar-refractivity contribution in [2.75, 3.05) is 13.1 Å². The molecular formula is C18H21NO4. The Bertz CT molecular complexity index is 673. The van der Waals surface area contributed by atoms with E-state index in [1.807, 2.05) is 24.3 Å². The van der Waals surface area contributed by atoms with Crippen molar-refractivity contribution < 1.29 is 19.1 Å². The Kier molecular flexibility index (Phi) is 4.76. The molecule has 1 atom stereocenters. The fourth-order valence-corrected chi connectivity index (χ4v) is 3.29. The molecule has 23 heavy (non-hydrogen) atoms. The zero-order valence-electron chi connectivity index (χ0n) is 13.0. The smallest absolute Gasteiger partial charge is 0.303 e. The van der Waals surface area contributed by atoms with Crippen molar-refractivity contribution in [3.8, 4) is 0 Å². The Balaban J connectivity index is 1.56. The number of carbonyl (C=O) groups is 2. The zero-order chi connectivity index (χ0) is 16.2. The van der Waals surface area contributed by atoms with Crippen molar-refractivity contribution in [1.29, 1.82) is 0 Å². The number of para-hydroxylation sites is 1. The quantitative estimate of drug-likeness (QED) is 0.794. The predicted molar refractivity (Wildman–Crippen MR) is 86.6 cm³/mol. The van der Waals surface area contributed by atoms with Gasteiger partial charge in [-0.25, -0.2) is 0 Å². The van der Waals surface area contributed by atoms with Crippen molar-refractivity contribution in [2.45, 2.75) is 38.1 Å². The van der Waals surface area contributed by atoms with E-state index in [9.17, 15) is 9.59 Å². The van der Waals surface area contributed by atoms with Crippen LogP contribution in [0.25, 0.3) is 11.0 Å². The van der Waals surface area contributed by atoms with E-state index in [1.54, 1.807) is 6.07 Å². The van der Waals surface area contributed by atoms with Gasteiger partial charge in [0.2, 0.25) is 0 Å². The number of furan rings is 1. The highest BCUT2D eigenvalue weighted by Gasteiger charge is 2.25. The molecule has 1 unspecified atom stereocenters. The SMILES string of the molecule is O=C(O)CCC1CCCN1CCC(=O)c1cc2ccccc2o1. The maximum Gasteiger partial charge on any atom is 0.303 e. The highest BCUT2D eigenvalue weighted by Crippen LogP contribution is 2.23. The second kappa shape index (κ2) is 6.96. The Hall–Kier alpha value is -2.14. The Morgan fingerprint density at radius 1 is 1.26 bits per heavy atom. The molecule has 2 aromatic rings. The molecule has 3 rings (SSSR count). The van der Waals surface area contributed by atoms with Crippen LogP contribution in [0, 0.1) is 0 Å². The number of ketones is 1. The summed E-state index contributed by atoms with van der Waals surface area (Å²) in [6.45, 7) is 1.61. The molecule has 0 spiro atoms. The molecule has 1 aromatic heterocycles. The lowest BCUT2D eigenvalue weighted by Gasteiger charge is -2.23. The number of likely N-dealkylation sites (tertiary alicyclic amines) is 1. The number of rotatable bonds is 7. The summed E-state index contributed by atoms with van der Waals surface area (Å²) in [5.41, 5.74) is 0.733. The van der Waals surface area contributed by atoms with Crippen LogP contribution < -0.4 is 0 Å². The lowest BCUT2D eigenvalue weighted by Crippen LogP contribution is -2.31. The fourth-order valence-electron chi connectivity index (χ4n) is 3.29. The van der Waals surface area contributed by atoms with Gasteiger partial charge in [-0.1, -0.05) is 18.2 Å². The first kappa shape index (κ1) is 15.7. The second-order valence-electron chi connectivity index (χ2n) is 6.09. The third-order valence-corrected chi connectivity index (χ3v) is 4.52. The van der Waals surface area contributed by atoms with Crippen LogP contribution in [0.3, 0.4) is 0 Å². The first-order valence-corrected chi connectivity index (χ1v) is 8.11. The normalized spacial score (nSPS) is 18.5. The summed E-state index contributed by atoms with van der Waals surface area (Å²) in [6, 6.07) is 9.67. The van der Waals surface area contributed by atoms with Gasteiger partial charge in [0.25, 0.3) is 0 Å². The standard InChI is InChI=1S/C18H21NO4/c20-15(17-12-13-4-1-2-6-16(13)23-17)9-11-19-10-3-5-14(19)7-8-18(21)22/h1-2,4,6,12,14H,3,5,7-11H2,(H,21,22). The Morgan fingerprint density at radius 2 is 2.09 bits per heavy atom. The number of hydrogen-bond acceptors (Lipinski definition) is 4. The lowest BCUT2D eigenvalue weighted by molar-refractivity contribution is -0.137. The van der Waals surface area contributed by atoms with Crippen LogP contribution in [0.4, 0.5) is 0 Å². The van der Waals surface area contributed by atoms with Crippen LogP contribution in [0.15, 0.2) is 34.7 Å². The van der Waals surface area contributed by atoms with Gasteiger partial charge in [-0.15, -0.1) is 0 Å². The number of fused-ring (bicyclic) bond motifs is 1. The highest BCUT2D eigenvalue weighted by molar-refractivity contribution is 5.97. The van der Waals surface area contributed by atoms with Gasteiger partial charge in [-0.05, 0) is 37.9 Å². The monoisotopic (exact) mass is 315 g/mol. The first-order chi connectivity index (χ1) is 11.1. The van der Waals surface area contributed by atoms with E-state index in [-0.39, 0.29) is 18.2 Å². The molecule has 0 saturated carbocycles. The minimum absolute atomic E-state index is 0.00471. The maximum atomic E-state index is 12.3. The summed E-state index contributed by atoms with van der Waals surface area (Å²) >= 11 is 0. The summed E-state index contributed by atoms with van der Waals surface area (Å²) in [6.07, 6.45) is 3.35. The van der Waals surface area contributed by atoms with Gasteiger partial charge in [0.1, 0.15) is 5.58 Å². The molecule has 5 nitrogen and oxygen atoms in total. The van der Waals surface area contributed by atoms with Crippen LogP contribution >= 0.6 is 0 Å². The van der Waals surface area contributed by atoms with Crippen molar-refractivity contribution >= 4 is 22.7 Å². The summed E-state index contributed by atoms with van der Waals surface area (Å²) in [5.74, 6) is -0.340. The minimum atomic E-state index is -0.754. The first-order valence-electron chi connectivity index (χ1n) is 8.11. The largest absolute Gasteiger partial charge is 0.481 e. The fraction of sp³-hybridized carbons (Fsp3) is 0.444. The molecule has 2 heterocycles. The zero-order valence-corrected chi connectivity index (χ0v) is 13.0. The van der Waals surface area contributed by atoms with Gasteiger partial charge < -0.3 is 9.52 Å². The highest BCUT2D eigenvalue weighted by atomic mass is 16.4. The summed E-state index contributed by atoms with van der Waals surface area (Å²) in [4.78, 5) is 25.3. The number of hydrogen-bond donors (Lipinski definition) is 1. The molecular weight excluding hydrogens is 294 g/mol. The summed E-state index contributed by atoms with van der Waals surface area (Å²) in [7, 11) is 0. The van der Waals surface area contributed by atoms with Crippen LogP contribution in [0.2, 0.25) is 0 Å². The van der Waals surface area contributed by atoms with E-state index in [2.05, 4.69) is 4.90 Å². The number of carboxylic acids is 1. The van der Waals surface area contributed by atoms with Gasteiger partial charge in [0.05, 0.1) is 0 Å². The summed E-state index contributed by atoms with van der Waals surface area (Å²) < 4.78 is 5.61. The molecule has 0 aliphatic carbocycles. The van der Waals surface area contributed by atoms with Crippen molar-refractivity contribution in [1.82, 2.24) is 4.90 Å². The van der Waals surface area contributed by atoms with Gasteiger partial charge in [-0.3, -0.25) is 14.5 Å². The van der Waals surface area contributed by atoms with Crippen LogP contribution in [-0.4, -0.2) is 40.9 Å². The van der Waals surface area contributed by atoms with Crippen molar-refractivity contribution in [2.24, 2.45) is 0 Å². The lowest BCUT2D eigenvalue weighted by atomic mass is 10.1. The predicted octanol–water partition coefficient (Wildman–Crippen LogP) is 3.33. The number of nitrogens with zero attached hydrogens (tertiary/aromatic N) is 1. The third kappa shape index (κ3) is 3.79. The summed E-state index contributed by atoms with van der Waals surface area (Å²) in [5, 5.41) is 9.75. The van der Waals surface area contributed by atoms with Gasteiger partial charge in [0.15, 0.2) is 11.5 Å². The Morgan fingerprint density at radius 3 is 2.87 bits per heavy atom. The van der Waals surface area contributed by atoms with E-state index < -0.39 is 5.97 Å². The van der Waals surface area contributed by atoms with Gasteiger partial charge in [0, 0.05) is 30.8 Å². The average molecular weight is 315 g/mol. The number of carbonyl (C=O) groups excluding carboxylic acids is 1. The minimum Gasteiger partial charge on any atom is -0.481 e. The molecule has 0 bridgehead atoms. The average Bonchev–Trinajstić information content (AvgIpc) is 3.16. The van der Waals surface area contributed by atoms with Crippen LogP contribution in [0.1, 0.15) is 42.7 Å². The van der Waals surface area contributed by atoms with E-state index in [1.165, 1.54) is 0 Å². The molecule has 1 fully saturated rings. The molecule has 1 saturated heterocycles. The Labute approximate surface area is 134 Å². The topological polar surface area (TPSA) is 70.8 Å². The second-order valence-corrected chi connectivity index (χ2v) is 6.09. The van der Waals surface area contributed by atoms with Gasteiger partial charge >= 0.3 is 5.97 Å². The van der Waals surface area contributed by atoms with Crippen LogP contribution in [-0.2, 0) is 4.79 Å². The van der Waals surface area contributed by atoms with E-state index >= 15 is 0 Å². The molecule has 0 amide bonds. The van der Waals surface area contributed by atoms with E-state index in [0.717, 1.165) is 30.4 Å². The molecule has 0 radical (unpaired) electrons. The van der Waals surface area contributed by atoms with E-state index in [4.69, 9.17) is 9.52 Å². The van der Waals surface area contributed by atoms with Crippen LogP contribution in [0.5, 0.6) is 0 Å². The molecule has 122 valence electrons. The van der Waals surface area contributed by atoms with Gasteiger partial charge in [-0.2, -0.15) is 0 Å². The maximum absolute atomic E-state index is 12.3. The number of Topliss-reactive ketones (excluding diaryl/α,β-unsaturated/α-hetero) is 1. The van der Waals surface area contributed by atoms with E-state index in [0.29, 0.717) is 25.1 Å². The third-order valence-electron chi connectivity index (χ3n) is 4.52. The molecule has 1 aliphatic heterocycles. The molecule has 1 N–H and O–H groups in total. The molecule has 1 aromatic carbocycles. The number of benzene rings is 1.